The number of amides is 2. The molecular weight excluding hydrogens is 398 g/mol. The number of thiophene rings is 1. The van der Waals surface area contributed by atoms with Crippen LogP contribution in [0.2, 0.25) is 0 Å². The number of methoxy groups -OCH3 is 1. The molecule has 0 aliphatic carbocycles. The van der Waals surface area contributed by atoms with Gasteiger partial charge in [0.25, 0.3) is 11.5 Å². The molecule has 150 valence electrons. The van der Waals surface area contributed by atoms with Crippen molar-refractivity contribution >= 4 is 39.5 Å². The predicted molar refractivity (Wildman–Crippen MR) is 105 cm³/mol. The Morgan fingerprint density at radius 1 is 1.24 bits per heavy atom. The second kappa shape index (κ2) is 8.65. The molecule has 0 fully saturated rings. The molecule has 9 nitrogen and oxygen atoms in total. The van der Waals surface area contributed by atoms with Crippen LogP contribution in [0.1, 0.15) is 6.92 Å². The third kappa shape index (κ3) is 4.66. The number of imide groups is 1. The van der Waals surface area contributed by atoms with Gasteiger partial charge in [-0.25, -0.2) is 9.78 Å². The average Bonchev–Trinajstić information content (AvgIpc) is 3.15. The summed E-state index contributed by atoms with van der Waals surface area (Å²) < 4.78 is 10.4. The Bertz CT molecular complexity index is 1120. The fourth-order valence-corrected chi connectivity index (χ4v) is 3.49. The fraction of sp³-hybridized carbons (Fsp3) is 0.211. The molecule has 0 spiro atoms. The van der Waals surface area contributed by atoms with E-state index in [4.69, 9.17) is 4.74 Å². The summed E-state index contributed by atoms with van der Waals surface area (Å²) in [7, 11) is 1.10. The number of hydrogen-bond donors (Lipinski definition) is 1. The zero-order chi connectivity index (χ0) is 21.0. The topological polar surface area (TPSA) is 117 Å². The van der Waals surface area contributed by atoms with Crippen molar-refractivity contribution in [3.63, 3.8) is 0 Å². The summed E-state index contributed by atoms with van der Waals surface area (Å²) in [6.07, 6.45) is -0.939. The van der Waals surface area contributed by atoms with Crippen molar-refractivity contribution in [2.45, 2.75) is 19.6 Å². The monoisotopic (exact) mass is 415 g/mol. The Labute approximate surface area is 168 Å². The number of esters is 1. The number of benzene rings is 1. The molecule has 1 atom stereocenters. The molecule has 0 bridgehead atoms. The van der Waals surface area contributed by atoms with E-state index in [2.05, 4.69) is 9.72 Å². The lowest BCUT2D eigenvalue weighted by molar-refractivity contribution is -0.155. The lowest BCUT2D eigenvalue weighted by Gasteiger charge is -2.12. The first-order valence-corrected chi connectivity index (χ1v) is 9.33. The molecule has 0 radical (unpaired) electrons. The third-order valence-electron chi connectivity index (χ3n) is 3.96. The molecule has 1 N–H and O–H groups in total. The Morgan fingerprint density at radius 3 is 2.66 bits per heavy atom. The highest BCUT2D eigenvalue weighted by Gasteiger charge is 2.21. The van der Waals surface area contributed by atoms with Crippen LogP contribution in [-0.4, -0.2) is 40.7 Å². The molecular formula is C19H17N3O6S. The van der Waals surface area contributed by atoms with Gasteiger partial charge < -0.3 is 9.47 Å². The number of rotatable bonds is 5. The smallest absolute Gasteiger partial charge is 0.413 e. The lowest BCUT2D eigenvalue weighted by Crippen LogP contribution is -2.40. The minimum absolute atomic E-state index is 0.389. The van der Waals surface area contributed by atoms with Gasteiger partial charge in [0.1, 0.15) is 11.4 Å². The van der Waals surface area contributed by atoms with E-state index >= 15 is 0 Å². The molecule has 0 unspecified atom stereocenters. The van der Waals surface area contributed by atoms with Gasteiger partial charge in [-0.1, -0.05) is 30.3 Å². The van der Waals surface area contributed by atoms with E-state index in [9.17, 15) is 19.2 Å². The average molecular weight is 415 g/mol. The second-order valence-electron chi connectivity index (χ2n) is 5.99. The first-order chi connectivity index (χ1) is 13.9. The van der Waals surface area contributed by atoms with E-state index in [1.54, 1.807) is 6.07 Å². The SMILES string of the molecule is COC(=O)NC(=O)[C@H](C)OC(=O)Cn1cnc2sc(-c3ccccc3)cc2c1=O. The number of hydrogen-bond acceptors (Lipinski definition) is 8. The molecule has 0 saturated heterocycles. The minimum atomic E-state index is -1.24. The van der Waals surface area contributed by atoms with E-state index in [-0.39, 0.29) is 0 Å². The Balaban J connectivity index is 1.74. The van der Waals surface area contributed by atoms with E-state index in [1.807, 2.05) is 35.6 Å². The van der Waals surface area contributed by atoms with Gasteiger partial charge >= 0.3 is 12.1 Å². The van der Waals surface area contributed by atoms with Crippen LogP contribution in [0.15, 0.2) is 47.5 Å². The highest BCUT2D eigenvalue weighted by atomic mass is 32.1. The van der Waals surface area contributed by atoms with Crippen LogP contribution in [-0.2, 0) is 25.6 Å². The summed E-state index contributed by atoms with van der Waals surface area (Å²) in [6.45, 7) is 0.875. The van der Waals surface area contributed by atoms with Gasteiger partial charge in [0.05, 0.1) is 18.8 Å². The van der Waals surface area contributed by atoms with Gasteiger partial charge in [0, 0.05) is 4.88 Å². The lowest BCUT2D eigenvalue weighted by atomic mass is 10.2. The van der Waals surface area contributed by atoms with Crippen molar-refractivity contribution in [2.75, 3.05) is 7.11 Å². The summed E-state index contributed by atoms with van der Waals surface area (Å²) in [5, 5.41) is 2.29. The molecule has 29 heavy (non-hydrogen) atoms. The maximum absolute atomic E-state index is 12.7. The van der Waals surface area contributed by atoms with E-state index in [0.717, 1.165) is 22.1 Å². The van der Waals surface area contributed by atoms with Crippen molar-refractivity contribution in [3.05, 3.63) is 53.1 Å². The van der Waals surface area contributed by atoms with Crippen LogP contribution in [0.3, 0.4) is 0 Å². The quantitative estimate of drug-likeness (QED) is 0.633. The van der Waals surface area contributed by atoms with Gasteiger partial charge in [0.2, 0.25) is 0 Å². The summed E-state index contributed by atoms with van der Waals surface area (Å²) in [6, 6.07) is 11.3. The van der Waals surface area contributed by atoms with Crippen molar-refractivity contribution in [3.8, 4) is 10.4 Å². The highest BCUT2D eigenvalue weighted by molar-refractivity contribution is 7.21. The van der Waals surface area contributed by atoms with Crippen molar-refractivity contribution in [2.24, 2.45) is 0 Å². The molecule has 2 heterocycles. The zero-order valence-electron chi connectivity index (χ0n) is 15.6. The van der Waals surface area contributed by atoms with E-state index in [1.165, 1.54) is 24.6 Å². The number of nitrogens with zero attached hydrogens (tertiary/aromatic N) is 2. The molecule has 0 aliphatic rings. The van der Waals surface area contributed by atoms with Gasteiger partial charge in [-0.3, -0.25) is 24.3 Å². The van der Waals surface area contributed by atoms with Crippen LogP contribution in [0.25, 0.3) is 20.7 Å². The molecule has 2 aromatic heterocycles. The number of ether oxygens (including phenoxy) is 2. The molecule has 10 heteroatoms. The summed E-state index contributed by atoms with van der Waals surface area (Å²) in [4.78, 5) is 53.2. The minimum Gasteiger partial charge on any atom is -0.453 e. The number of alkyl carbamates (subject to hydrolysis) is 1. The van der Waals surface area contributed by atoms with Gasteiger partial charge in [0.15, 0.2) is 6.10 Å². The first-order valence-electron chi connectivity index (χ1n) is 8.51. The van der Waals surface area contributed by atoms with Gasteiger partial charge in [-0.05, 0) is 18.6 Å². The number of fused-ring (bicyclic) bond motifs is 1. The van der Waals surface area contributed by atoms with E-state index in [0.29, 0.717) is 10.2 Å². The number of carbonyl (C=O) groups excluding carboxylic acids is 3. The van der Waals surface area contributed by atoms with Crippen LogP contribution < -0.4 is 10.9 Å². The van der Waals surface area contributed by atoms with Gasteiger partial charge in [-0.15, -0.1) is 11.3 Å². The van der Waals surface area contributed by atoms with Crippen molar-refractivity contribution in [1.29, 1.82) is 0 Å². The molecule has 2 amide bonds. The van der Waals surface area contributed by atoms with Crippen LogP contribution in [0, 0.1) is 0 Å². The Kier molecular flexibility index (Phi) is 6.03. The molecule has 1 aromatic carbocycles. The largest absolute Gasteiger partial charge is 0.453 e. The van der Waals surface area contributed by atoms with Crippen LogP contribution >= 0.6 is 11.3 Å². The third-order valence-corrected chi connectivity index (χ3v) is 5.06. The van der Waals surface area contributed by atoms with Crippen LogP contribution in [0.5, 0.6) is 0 Å². The van der Waals surface area contributed by atoms with E-state index < -0.39 is 36.2 Å². The summed E-state index contributed by atoms with van der Waals surface area (Å²) >= 11 is 1.38. The maximum Gasteiger partial charge on any atom is 0.413 e. The molecule has 0 saturated carbocycles. The van der Waals surface area contributed by atoms with Crippen molar-refractivity contribution < 1.29 is 23.9 Å². The maximum atomic E-state index is 12.7. The zero-order valence-corrected chi connectivity index (χ0v) is 16.4. The summed E-state index contributed by atoms with van der Waals surface area (Å²) in [5.74, 6) is -1.66. The number of carbonyl (C=O) groups is 3. The second-order valence-corrected chi connectivity index (χ2v) is 7.02. The summed E-state index contributed by atoms with van der Waals surface area (Å²) in [5.41, 5.74) is 0.573. The van der Waals surface area contributed by atoms with Crippen molar-refractivity contribution in [1.82, 2.24) is 14.9 Å². The molecule has 3 aromatic rings. The molecule has 3 rings (SSSR count). The Morgan fingerprint density at radius 2 is 1.97 bits per heavy atom. The number of aromatic nitrogens is 2. The fourth-order valence-electron chi connectivity index (χ4n) is 2.50. The standard InChI is InChI=1S/C19H17N3O6S/c1-11(16(24)21-19(26)27-2)28-15(23)9-22-10-20-17-13(18(22)25)8-14(29-17)12-6-4-3-5-7-12/h3-8,10-11H,9H2,1-2H3,(H,21,24,26)/t11-/m0/s1. The number of nitrogens with one attached hydrogen (secondary N) is 1. The van der Waals surface area contributed by atoms with Gasteiger partial charge in [-0.2, -0.15) is 0 Å². The first kappa shape index (κ1) is 20.2. The highest BCUT2D eigenvalue weighted by Crippen LogP contribution is 2.30. The predicted octanol–water partition coefficient (Wildman–Crippen LogP) is 1.94. The molecule has 0 aliphatic heterocycles. The van der Waals surface area contributed by atoms with Crippen LogP contribution in [0.4, 0.5) is 4.79 Å². The Hall–Kier alpha value is -3.53. The normalized spacial score (nSPS) is 11.7.